The van der Waals surface area contributed by atoms with Crippen molar-refractivity contribution >= 4 is 40.0 Å². The summed E-state index contributed by atoms with van der Waals surface area (Å²) in [5.41, 5.74) is 3.66. The van der Waals surface area contributed by atoms with Crippen molar-refractivity contribution in [2.24, 2.45) is 5.92 Å². The van der Waals surface area contributed by atoms with Crippen LogP contribution in [0.15, 0.2) is 78.9 Å². The monoisotopic (exact) mass is 459 g/mol. The Morgan fingerprint density at radius 3 is 2.36 bits per heavy atom. The maximum atomic E-state index is 13.0. The van der Waals surface area contributed by atoms with E-state index in [0.717, 1.165) is 16.5 Å². The van der Waals surface area contributed by atoms with Gasteiger partial charge >= 0.3 is 0 Å². The van der Waals surface area contributed by atoms with Crippen molar-refractivity contribution in [3.8, 4) is 0 Å². The molecule has 6 heteroatoms. The standard InChI is InChI=1S/C27H26ClN3O2/c1-18(2)16-29-27(33)25-15-20-14-21(30-26(32)22-10-6-7-11-23(22)28)12-13-24(20)31(25)17-19-8-4-3-5-9-19/h3-15,18H,16-17H2,1-2H3,(H,29,33)(H,30,32). The molecule has 0 saturated carbocycles. The highest BCUT2D eigenvalue weighted by Crippen LogP contribution is 2.26. The predicted octanol–water partition coefficient (Wildman–Crippen LogP) is 5.98. The van der Waals surface area contributed by atoms with Crippen LogP contribution in [-0.4, -0.2) is 22.9 Å². The van der Waals surface area contributed by atoms with Gasteiger partial charge in [0.15, 0.2) is 0 Å². The van der Waals surface area contributed by atoms with Crippen LogP contribution in [0.3, 0.4) is 0 Å². The number of amides is 2. The molecule has 0 saturated heterocycles. The van der Waals surface area contributed by atoms with Crippen LogP contribution in [0.2, 0.25) is 5.02 Å². The van der Waals surface area contributed by atoms with Crippen molar-refractivity contribution in [1.29, 1.82) is 0 Å². The van der Waals surface area contributed by atoms with E-state index in [1.165, 1.54) is 0 Å². The largest absolute Gasteiger partial charge is 0.351 e. The van der Waals surface area contributed by atoms with Crippen LogP contribution in [0.25, 0.3) is 10.9 Å². The number of aromatic nitrogens is 1. The molecular weight excluding hydrogens is 434 g/mol. The lowest BCUT2D eigenvalue weighted by Gasteiger charge is -2.13. The number of hydrogen-bond acceptors (Lipinski definition) is 2. The molecule has 0 radical (unpaired) electrons. The molecule has 1 heterocycles. The van der Waals surface area contributed by atoms with E-state index in [1.807, 2.05) is 59.2 Å². The van der Waals surface area contributed by atoms with E-state index in [1.54, 1.807) is 24.3 Å². The minimum Gasteiger partial charge on any atom is -0.351 e. The van der Waals surface area contributed by atoms with E-state index in [4.69, 9.17) is 11.6 Å². The second-order valence-electron chi connectivity index (χ2n) is 8.41. The first kappa shape index (κ1) is 22.6. The lowest BCUT2D eigenvalue weighted by atomic mass is 10.2. The first-order valence-corrected chi connectivity index (χ1v) is 11.3. The Labute approximate surface area is 198 Å². The lowest BCUT2D eigenvalue weighted by molar-refractivity contribution is 0.0940. The summed E-state index contributed by atoms with van der Waals surface area (Å²) in [6.45, 7) is 5.30. The molecular formula is C27H26ClN3O2. The minimum atomic E-state index is -0.279. The van der Waals surface area contributed by atoms with Crippen molar-refractivity contribution in [2.45, 2.75) is 20.4 Å². The molecule has 33 heavy (non-hydrogen) atoms. The number of rotatable bonds is 7. The number of fused-ring (bicyclic) bond motifs is 1. The topological polar surface area (TPSA) is 63.1 Å². The zero-order valence-electron chi connectivity index (χ0n) is 18.6. The van der Waals surface area contributed by atoms with Crippen LogP contribution in [0.1, 0.15) is 40.3 Å². The number of nitrogens with zero attached hydrogens (tertiary/aromatic N) is 1. The fraction of sp³-hybridized carbons (Fsp3) is 0.185. The third-order valence-electron chi connectivity index (χ3n) is 5.36. The van der Waals surface area contributed by atoms with E-state index < -0.39 is 0 Å². The molecule has 0 fully saturated rings. The summed E-state index contributed by atoms with van der Waals surface area (Å²) in [6, 6.07) is 24.5. The average molecular weight is 460 g/mol. The number of hydrogen-bond donors (Lipinski definition) is 2. The van der Waals surface area contributed by atoms with Crippen LogP contribution in [0.5, 0.6) is 0 Å². The molecule has 0 aliphatic rings. The molecule has 0 atom stereocenters. The zero-order chi connectivity index (χ0) is 23.4. The number of benzene rings is 3. The summed E-state index contributed by atoms with van der Waals surface area (Å²) < 4.78 is 2.01. The summed E-state index contributed by atoms with van der Waals surface area (Å²) in [5, 5.41) is 7.19. The van der Waals surface area contributed by atoms with Gasteiger partial charge in [-0.1, -0.05) is 67.9 Å². The van der Waals surface area contributed by atoms with Gasteiger partial charge in [0, 0.05) is 29.7 Å². The Balaban J connectivity index is 1.68. The van der Waals surface area contributed by atoms with Gasteiger partial charge < -0.3 is 15.2 Å². The molecule has 0 unspecified atom stereocenters. The molecule has 0 bridgehead atoms. The van der Waals surface area contributed by atoms with E-state index in [2.05, 4.69) is 24.5 Å². The van der Waals surface area contributed by atoms with Gasteiger partial charge in [-0.25, -0.2) is 0 Å². The minimum absolute atomic E-state index is 0.113. The third-order valence-corrected chi connectivity index (χ3v) is 5.69. The number of nitrogens with one attached hydrogen (secondary N) is 2. The van der Waals surface area contributed by atoms with Gasteiger partial charge in [-0.05, 0) is 47.9 Å². The Hall–Kier alpha value is -3.57. The second kappa shape index (κ2) is 9.92. The van der Waals surface area contributed by atoms with Crippen LogP contribution < -0.4 is 10.6 Å². The number of carbonyl (C=O) groups excluding carboxylic acids is 2. The van der Waals surface area contributed by atoms with Gasteiger partial charge in [-0.3, -0.25) is 9.59 Å². The van der Waals surface area contributed by atoms with Crippen LogP contribution in [0, 0.1) is 5.92 Å². The van der Waals surface area contributed by atoms with E-state index in [9.17, 15) is 9.59 Å². The van der Waals surface area contributed by atoms with Crippen molar-refractivity contribution in [1.82, 2.24) is 9.88 Å². The highest BCUT2D eigenvalue weighted by atomic mass is 35.5. The molecule has 0 spiro atoms. The lowest BCUT2D eigenvalue weighted by Crippen LogP contribution is -2.29. The van der Waals surface area contributed by atoms with Crippen LogP contribution >= 0.6 is 11.6 Å². The molecule has 4 rings (SSSR count). The highest BCUT2D eigenvalue weighted by molar-refractivity contribution is 6.34. The van der Waals surface area contributed by atoms with Gasteiger partial charge in [0.2, 0.25) is 0 Å². The first-order valence-electron chi connectivity index (χ1n) is 10.9. The molecule has 2 amide bonds. The fourth-order valence-electron chi connectivity index (χ4n) is 3.70. The van der Waals surface area contributed by atoms with Crippen LogP contribution in [0.4, 0.5) is 5.69 Å². The Kier molecular flexibility index (Phi) is 6.80. The summed E-state index contributed by atoms with van der Waals surface area (Å²) in [7, 11) is 0. The van der Waals surface area contributed by atoms with Gasteiger partial charge in [0.25, 0.3) is 11.8 Å². The van der Waals surface area contributed by atoms with Crippen molar-refractivity contribution < 1.29 is 9.59 Å². The number of carbonyl (C=O) groups is 2. The van der Waals surface area contributed by atoms with Crippen molar-refractivity contribution in [3.63, 3.8) is 0 Å². The summed E-state index contributed by atoms with van der Waals surface area (Å²) in [6.07, 6.45) is 0. The van der Waals surface area contributed by atoms with Gasteiger partial charge in [-0.2, -0.15) is 0 Å². The molecule has 168 valence electrons. The Morgan fingerprint density at radius 2 is 1.64 bits per heavy atom. The number of anilines is 1. The quantitative estimate of drug-likeness (QED) is 0.357. The van der Waals surface area contributed by atoms with Gasteiger partial charge in [0.05, 0.1) is 10.6 Å². The summed E-state index contributed by atoms with van der Waals surface area (Å²) in [4.78, 5) is 25.7. The normalized spacial score (nSPS) is 11.0. The maximum absolute atomic E-state index is 13.0. The summed E-state index contributed by atoms with van der Waals surface area (Å²) in [5.74, 6) is -0.0384. The third kappa shape index (κ3) is 5.26. The molecule has 3 aromatic carbocycles. The average Bonchev–Trinajstić information content (AvgIpc) is 3.16. The first-order chi connectivity index (χ1) is 15.9. The SMILES string of the molecule is CC(C)CNC(=O)c1cc2cc(NC(=O)c3ccccc3Cl)ccc2n1Cc1ccccc1. The second-order valence-corrected chi connectivity index (χ2v) is 8.82. The maximum Gasteiger partial charge on any atom is 0.267 e. The molecule has 5 nitrogen and oxygen atoms in total. The Bertz CT molecular complexity index is 1300. The fourth-order valence-corrected chi connectivity index (χ4v) is 3.93. The van der Waals surface area contributed by atoms with Gasteiger partial charge in [-0.15, -0.1) is 0 Å². The molecule has 1 aromatic heterocycles. The number of halogens is 1. The van der Waals surface area contributed by atoms with Crippen molar-refractivity contribution in [2.75, 3.05) is 11.9 Å². The molecule has 0 aliphatic heterocycles. The van der Waals surface area contributed by atoms with E-state index in [-0.39, 0.29) is 11.8 Å². The molecule has 0 aliphatic carbocycles. The molecule has 2 N–H and O–H groups in total. The van der Waals surface area contributed by atoms with E-state index in [0.29, 0.717) is 41.0 Å². The molecule has 4 aromatic rings. The van der Waals surface area contributed by atoms with Gasteiger partial charge in [0.1, 0.15) is 5.69 Å². The zero-order valence-corrected chi connectivity index (χ0v) is 19.4. The smallest absolute Gasteiger partial charge is 0.267 e. The van der Waals surface area contributed by atoms with Crippen LogP contribution in [-0.2, 0) is 6.54 Å². The Morgan fingerprint density at radius 1 is 0.909 bits per heavy atom. The summed E-state index contributed by atoms with van der Waals surface area (Å²) >= 11 is 6.16. The van der Waals surface area contributed by atoms with Crippen molar-refractivity contribution in [3.05, 3.63) is 101 Å². The predicted molar refractivity (Wildman–Crippen MR) is 134 cm³/mol. The van der Waals surface area contributed by atoms with E-state index >= 15 is 0 Å². The highest BCUT2D eigenvalue weighted by Gasteiger charge is 2.17.